The fourth-order valence-electron chi connectivity index (χ4n) is 3.75. The monoisotopic (exact) mass is 517 g/mol. The fourth-order valence-corrected chi connectivity index (χ4v) is 4.57. The third-order valence-corrected chi connectivity index (χ3v) is 6.95. The van der Waals surface area contributed by atoms with Crippen LogP contribution in [-0.4, -0.2) is 70.2 Å². The molecule has 0 radical (unpaired) electrons. The molecular formula is C21H23N7O5S2. The van der Waals surface area contributed by atoms with Gasteiger partial charge in [-0.2, -0.15) is 4.98 Å². The number of fused-ring (bicyclic) bond motifs is 1. The van der Waals surface area contributed by atoms with E-state index in [4.69, 9.17) is 17.4 Å². The molecule has 12 nitrogen and oxygen atoms in total. The van der Waals surface area contributed by atoms with Gasteiger partial charge in [-0.1, -0.05) is 0 Å². The number of nitrogens with zero attached hydrogens (tertiary/aromatic N) is 5. The third kappa shape index (κ3) is 5.08. The first-order chi connectivity index (χ1) is 16.6. The quantitative estimate of drug-likeness (QED) is 0.408. The van der Waals surface area contributed by atoms with Gasteiger partial charge in [0.05, 0.1) is 10.3 Å². The number of piperazine rings is 1. The summed E-state index contributed by atoms with van der Waals surface area (Å²) < 4.78 is 24.4. The highest BCUT2D eigenvalue weighted by atomic mass is 32.2. The number of aromatic carboxylic acids is 1. The Kier molecular flexibility index (Phi) is 6.69. The van der Waals surface area contributed by atoms with E-state index in [0.29, 0.717) is 55.1 Å². The zero-order chi connectivity index (χ0) is 25.3. The van der Waals surface area contributed by atoms with Crippen LogP contribution in [0.5, 0.6) is 0 Å². The van der Waals surface area contributed by atoms with Crippen LogP contribution in [0.4, 0.5) is 11.6 Å². The maximum atomic E-state index is 12.5. The number of nitrogens with one attached hydrogen (secondary N) is 1. The van der Waals surface area contributed by atoms with Crippen molar-refractivity contribution in [3.05, 3.63) is 52.4 Å². The van der Waals surface area contributed by atoms with Crippen molar-refractivity contribution in [1.29, 1.82) is 0 Å². The van der Waals surface area contributed by atoms with Gasteiger partial charge in [0.1, 0.15) is 11.2 Å². The minimum atomic E-state index is -3.76. The lowest BCUT2D eigenvalue weighted by atomic mass is 10.2. The number of sulfonamides is 1. The number of carboxylic acids is 1. The first-order valence-corrected chi connectivity index (χ1v) is 12.6. The smallest absolute Gasteiger partial charge is 0.341 e. The second-order valence-electron chi connectivity index (χ2n) is 7.84. The number of hydrogen-bond donors (Lipinski definition) is 3. The van der Waals surface area contributed by atoms with Gasteiger partial charge in [0.2, 0.25) is 21.4 Å². The summed E-state index contributed by atoms with van der Waals surface area (Å²) in [7, 11) is -3.76. The number of benzene rings is 1. The van der Waals surface area contributed by atoms with Gasteiger partial charge in [-0.3, -0.25) is 4.79 Å². The molecule has 0 bridgehead atoms. The molecule has 3 heterocycles. The minimum Gasteiger partial charge on any atom is -0.477 e. The first-order valence-electron chi connectivity index (χ1n) is 10.7. The highest BCUT2D eigenvalue weighted by molar-refractivity contribution is 7.89. The molecule has 14 heteroatoms. The molecule has 1 fully saturated rings. The summed E-state index contributed by atoms with van der Waals surface area (Å²) in [5.41, 5.74) is 0.0997. The molecule has 4 N–H and O–H groups in total. The van der Waals surface area contributed by atoms with E-state index in [-0.39, 0.29) is 15.8 Å². The molecule has 35 heavy (non-hydrogen) atoms. The SMILES string of the molecule is CCn1cc(C(=O)O)c(=O)c2cnc(N3CCN(C(=S)Nc4ccc(S(N)(=O)=O)cc4)CC3)nc21. The number of aromatic nitrogens is 3. The number of nitrogens with two attached hydrogens (primary N) is 1. The summed E-state index contributed by atoms with van der Waals surface area (Å²) in [6, 6.07) is 6.00. The van der Waals surface area contributed by atoms with Crippen molar-refractivity contribution in [1.82, 2.24) is 19.4 Å². The number of carbonyl (C=O) groups is 1. The third-order valence-electron chi connectivity index (χ3n) is 5.66. The summed E-state index contributed by atoms with van der Waals surface area (Å²) in [5, 5.41) is 18.2. The molecule has 3 aromatic rings. The predicted molar refractivity (Wildman–Crippen MR) is 134 cm³/mol. The summed E-state index contributed by atoms with van der Waals surface area (Å²) >= 11 is 5.50. The Hall–Kier alpha value is -3.62. The summed E-state index contributed by atoms with van der Waals surface area (Å²) in [5.74, 6) is -0.844. The molecule has 1 saturated heterocycles. The Morgan fingerprint density at radius 1 is 1.20 bits per heavy atom. The Morgan fingerprint density at radius 2 is 1.86 bits per heavy atom. The van der Waals surface area contributed by atoms with Gasteiger partial charge in [0, 0.05) is 50.8 Å². The molecule has 184 valence electrons. The summed E-state index contributed by atoms with van der Waals surface area (Å²) in [6.45, 7) is 4.59. The molecule has 0 unspecified atom stereocenters. The van der Waals surface area contributed by atoms with E-state index < -0.39 is 21.4 Å². The molecule has 0 spiro atoms. The Bertz CT molecular complexity index is 1460. The highest BCUT2D eigenvalue weighted by Gasteiger charge is 2.23. The Morgan fingerprint density at radius 3 is 2.43 bits per heavy atom. The van der Waals surface area contributed by atoms with Crippen LogP contribution in [0.2, 0.25) is 0 Å². The Labute approximate surface area is 206 Å². The van der Waals surface area contributed by atoms with Crippen LogP contribution in [0.1, 0.15) is 17.3 Å². The lowest BCUT2D eigenvalue weighted by Gasteiger charge is -2.36. The first kappa shape index (κ1) is 24.5. The van der Waals surface area contributed by atoms with Crippen molar-refractivity contribution < 1.29 is 18.3 Å². The molecule has 0 saturated carbocycles. The van der Waals surface area contributed by atoms with Crippen molar-refractivity contribution >= 4 is 56.0 Å². The van der Waals surface area contributed by atoms with E-state index in [1.165, 1.54) is 24.5 Å². The molecule has 0 amide bonds. The van der Waals surface area contributed by atoms with Gasteiger partial charge in [-0.15, -0.1) is 0 Å². The maximum absolute atomic E-state index is 12.5. The summed E-state index contributed by atoms with van der Waals surface area (Å²) in [4.78, 5) is 36.7. The maximum Gasteiger partial charge on any atom is 0.341 e. The highest BCUT2D eigenvalue weighted by Crippen LogP contribution is 2.18. The molecule has 4 rings (SSSR count). The molecule has 1 aromatic carbocycles. The molecule has 0 atom stereocenters. The van der Waals surface area contributed by atoms with Crippen LogP contribution in [-0.2, 0) is 16.6 Å². The number of anilines is 2. The van der Waals surface area contributed by atoms with E-state index in [0.717, 1.165) is 0 Å². The van der Waals surface area contributed by atoms with Gasteiger partial charge in [-0.05, 0) is 43.4 Å². The van der Waals surface area contributed by atoms with Crippen molar-refractivity contribution in [3.63, 3.8) is 0 Å². The molecule has 1 aliphatic rings. The molecule has 1 aliphatic heterocycles. The lowest BCUT2D eigenvalue weighted by molar-refractivity contribution is 0.0695. The fraction of sp³-hybridized carbons (Fsp3) is 0.286. The van der Waals surface area contributed by atoms with Gasteiger partial charge >= 0.3 is 5.97 Å². The van der Waals surface area contributed by atoms with Crippen LogP contribution in [0, 0.1) is 0 Å². The second-order valence-corrected chi connectivity index (χ2v) is 9.79. The largest absolute Gasteiger partial charge is 0.477 e. The molecular weight excluding hydrogens is 494 g/mol. The van der Waals surface area contributed by atoms with E-state index in [2.05, 4.69) is 15.3 Å². The van der Waals surface area contributed by atoms with Crippen molar-refractivity contribution in [2.24, 2.45) is 5.14 Å². The number of aryl methyl sites for hydroxylation is 1. The number of thiocarbonyl (C=S) groups is 1. The molecule has 2 aromatic heterocycles. The van der Waals surface area contributed by atoms with Gasteiger partial charge in [0.25, 0.3) is 0 Å². The van der Waals surface area contributed by atoms with Gasteiger partial charge in [0.15, 0.2) is 5.11 Å². The lowest BCUT2D eigenvalue weighted by Crippen LogP contribution is -2.50. The number of rotatable bonds is 5. The van der Waals surface area contributed by atoms with Crippen LogP contribution < -0.4 is 20.8 Å². The number of carboxylic acid groups (broad SMARTS) is 1. The van der Waals surface area contributed by atoms with Crippen molar-refractivity contribution in [2.45, 2.75) is 18.4 Å². The number of hydrogen-bond acceptors (Lipinski definition) is 8. The molecule has 0 aliphatic carbocycles. The van der Waals surface area contributed by atoms with Crippen LogP contribution in [0.15, 0.2) is 46.3 Å². The normalized spacial score (nSPS) is 14.2. The van der Waals surface area contributed by atoms with E-state index in [1.54, 1.807) is 16.7 Å². The standard InChI is InChI=1S/C21H23N7O5S2/c1-2-26-12-16(19(30)31)17(29)15-11-23-20(25-18(15)26)27-7-9-28(10-8-27)21(34)24-13-3-5-14(6-4-13)35(22,32)33/h3-6,11-12H,2,7-10H2,1H3,(H,24,34)(H,30,31)(H2,22,32,33). The van der Waals surface area contributed by atoms with Crippen LogP contribution in [0.3, 0.4) is 0 Å². The van der Waals surface area contributed by atoms with E-state index in [9.17, 15) is 23.1 Å². The average molecular weight is 518 g/mol. The van der Waals surface area contributed by atoms with Crippen molar-refractivity contribution in [3.8, 4) is 0 Å². The summed E-state index contributed by atoms with van der Waals surface area (Å²) in [6.07, 6.45) is 2.68. The van der Waals surface area contributed by atoms with Crippen molar-refractivity contribution in [2.75, 3.05) is 36.4 Å². The second kappa shape index (κ2) is 9.56. The Balaban J connectivity index is 1.46. The minimum absolute atomic E-state index is 0.0191. The predicted octanol–water partition coefficient (Wildman–Crippen LogP) is 0.676. The van der Waals surface area contributed by atoms with E-state index in [1.807, 2.05) is 16.7 Å². The van der Waals surface area contributed by atoms with Crippen LogP contribution in [0.25, 0.3) is 11.0 Å². The van der Waals surface area contributed by atoms with Gasteiger partial charge in [-0.25, -0.2) is 23.3 Å². The number of primary sulfonamides is 1. The zero-order valence-corrected chi connectivity index (χ0v) is 20.3. The zero-order valence-electron chi connectivity index (χ0n) is 18.7. The van der Waals surface area contributed by atoms with E-state index >= 15 is 0 Å². The topological polar surface area (TPSA) is 164 Å². The van der Waals surface area contributed by atoms with Gasteiger partial charge < -0.3 is 24.8 Å². The number of pyridine rings is 1. The average Bonchev–Trinajstić information content (AvgIpc) is 2.83. The van der Waals surface area contributed by atoms with Crippen LogP contribution >= 0.6 is 12.2 Å².